The molecule has 1 saturated carbocycles. The smallest absolute Gasteiger partial charge is 0.228 e. The van der Waals surface area contributed by atoms with E-state index in [1.165, 1.54) is 0 Å². The number of aromatic nitrogens is 1. The lowest BCUT2D eigenvalue weighted by molar-refractivity contribution is -0.118. The molecule has 1 aliphatic heterocycles. The number of carbonyl (C=O) groups excluding carboxylic acids is 1. The second-order valence-corrected chi connectivity index (χ2v) is 10.2. The Morgan fingerprint density at radius 2 is 2.10 bits per heavy atom. The van der Waals surface area contributed by atoms with Gasteiger partial charge < -0.3 is 10.4 Å². The predicted molar refractivity (Wildman–Crippen MR) is 121 cm³/mol. The van der Waals surface area contributed by atoms with Crippen LogP contribution in [-0.4, -0.2) is 34.0 Å². The molecule has 5 rings (SSSR count). The molecule has 1 saturated heterocycles. The van der Waals surface area contributed by atoms with Gasteiger partial charge in [-0.15, -0.1) is 11.3 Å². The van der Waals surface area contributed by atoms with Crippen LogP contribution in [0.5, 0.6) is 5.75 Å². The Labute approximate surface area is 184 Å². The van der Waals surface area contributed by atoms with Crippen LogP contribution in [0.25, 0.3) is 10.2 Å². The summed E-state index contributed by atoms with van der Waals surface area (Å²) in [5.74, 6) is 0.505. The van der Waals surface area contributed by atoms with Gasteiger partial charge in [0.25, 0.3) is 0 Å². The van der Waals surface area contributed by atoms with Gasteiger partial charge in [0.2, 0.25) is 5.91 Å². The first-order valence-corrected chi connectivity index (χ1v) is 11.5. The van der Waals surface area contributed by atoms with E-state index in [2.05, 4.69) is 15.2 Å². The molecule has 5 nitrogen and oxygen atoms in total. The van der Waals surface area contributed by atoms with E-state index in [0.717, 1.165) is 58.8 Å². The second-order valence-electron chi connectivity index (χ2n) is 8.57. The quantitative estimate of drug-likeness (QED) is 0.583. The Balaban J connectivity index is 1.18. The van der Waals surface area contributed by atoms with Gasteiger partial charge in [-0.05, 0) is 81.1 Å². The lowest BCUT2D eigenvalue weighted by atomic mass is 9.90. The number of halogens is 1. The summed E-state index contributed by atoms with van der Waals surface area (Å²) in [4.78, 5) is 19.7. The first-order valence-electron chi connectivity index (χ1n) is 10.3. The Hall–Kier alpha value is -2.15. The summed E-state index contributed by atoms with van der Waals surface area (Å²) >= 11 is 7.73. The first-order chi connectivity index (χ1) is 14.4. The molecule has 2 N–H and O–H groups in total. The van der Waals surface area contributed by atoms with Crippen LogP contribution in [-0.2, 0) is 11.3 Å². The molecule has 2 fully saturated rings. The number of nitrogens with one attached hydrogen (secondary N) is 1. The van der Waals surface area contributed by atoms with E-state index in [0.29, 0.717) is 11.6 Å². The highest BCUT2D eigenvalue weighted by atomic mass is 35.5. The molecule has 0 unspecified atom stereocenters. The molecule has 0 radical (unpaired) electrons. The summed E-state index contributed by atoms with van der Waals surface area (Å²) in [6.07, 6.45) is 2.99. The Morgan fingerprint density at radius 1 is 1.30 bits per heavy atom. The molecule has 1 aromatic heterocycles. The fraction of sp³-hybridized carbons (Fsp3) is 0.391. The summed E-state index contributed by atoms with van der Waals surface area (Å²) in [6.45, 7) is 4.54. The number of aryl methyl sites for hydroxylation is 1. The zero-order chi connectivity index (χ0) is 20.9. The second kappa shape index (κ2) is 7.52. The Bertz CT molecular complexity index is 1120. The van der Waals surface area contributed by atoms with Crippen LogP contribution in [0.15, 0.2) is 36.4 Å². The summed E-state index contributed by atoms with van der Waals surface area (Å²) in [6, 6.07) is 11.1. The number of piperidine rings is 1. The summed E-state index contributed by atoms with van der Waals surface area (Å²) in [5.41, 5.74) is 2.77. The zero-order valence-corrected chi connectivity index (χ0v) is 18.4. The minimum Gasteiger partial charge on any atom is -0.508 e. The largest absolute Gasteiger partial charge is 0.508 e. The van der Waals surface area contributed by atoms with Gasteiger partial charge in [0.15, 0.2) is 0 Å². The van der Waals surface area contributed by atoms with Crippen molar-refractivity contribution in [2.75, 3.05) is 18.4 Å². The molecular formula is C23H24ClN3O2S. The van der Waals surface area contributed by atoms with E-state index in [-0.39, 0.29) is 23.0 Å². The molecule has 2 heterocycles. The molecule has 3 aromatic rings. The van der Waals surface area contributed by atoms with Crippen molar-refractivity contribution >= 4 is 44.7 Å². The van der Waals surface area contributed by atoms with Crippen LogP contribution in [0.1, 0.15) is 29.8 Å². The highest BCUT2D eigenvalue weighted by Crippen LogP contribution is 2.59. The Kier molecular flexibility index (Phi) is 4.96. The minimum absolute atomic E-state index is 0.0899. The maximum absolute atomic E-state index is 12.9. The lowest BCUT2D eigenvalue weighted by Gasteiger charge is -2.33. The molecular weight excluding hydrogens is 418 g/mol. The lowest BCUT2D eigenvalue weighted by Crippen LogP contribution is -2.35. The molecule has 30 heavy (non-hydrogen) atoms. The van der Waals surface area contributed by atoms with Crippen molar-refractivity contribution in [3.63, 3.8) is 0 Å². The number of phenolic OH excluding ortho intramolecular Hbond substituents is 1. The van der Waals surface area contributed by atoms with Gasteiger partial charge in [-0.25, -0.2) is 4.98 Å². The van der Waals surface area contributed by atoms with E-state index in [1.807, 2.05) is 31.2 Å². The number of likely N-dealkylation sites (tertiary alicyclic amines) is 1. The molecule has 1 spiro atoms. The molecule has 0 bridgehead atoms. The summed E-state index contributed by atoms with van der Waals surface area (Å²) in [5, 5.41) is 14.8. The number of fused-ring (bicyclic) bond motifs is 1. The number of carbonyl (C=O) groups is 1. The van der Waals surface area contributed by atoms with Crippen molar-refractivity contribution in [1.29, 1.82) is 0 Å². The molecule has 1 amide bonds. The Morgan fingerprint density at radius 3 is 2.90 bits per heavy atom. The van der Waals surface area contributed by atoms with Crippen LogP contribution in [0.3, 0.4) is 0 Å². The standard InChI is InChI=1S/C23H24ClN3O2S/c1-14-25-19-11-17(3-5-21(19)30-14)26-22(29)18-12-23(18)6-8-27(9-7-23)13-15-10-16(24)2-4-20(15)28/h2-5,10-11,18,28H,6-9,12-13H2,1H3,(H,26,29)/t18-/m0/s1. The van der Waals surface area contributed by atoms with Crippen molar-refractivity contribution in [2.24, 2.45) is 11.3 Å². The van der Waals surface area contributed by atoms with Crippen molar-refractivity contribution in [3.05, 3.63) is 52.0 Å². The maximum Gasteiger partial charge on any atom is 0.228 e. The number of anilines is 1. The van der Waals surface area contributed by atoms with Crippen LogP contribution < -0.4 is 5.32 Å². The highest BCUT2D eigenvalue weighted by molar-refractivity contribution is 7.18. The molecule has 156 valence electrons. The molecule has 7 heteroatoms. The molecule has 2 aliphatic rings. The maximum atomic E-state index is 12.9. The van der Waals surface area contributed by atoms with Crippen molar-refractivity contribution in [1.82, 2.24) is 9.88 Å². The zero-order valence-electron chi connectivity index (χ0n) is 16.8. The third kappa shape index (κ3) is 3.80. The minimum atomic E-state index is 0.0899. The number of hydrogen-bond donors (Lipinski definition) is 2. The van der Waals surface area contributed by atoms with Crippen molar-refractivity contribution < 1.29 is 9.90 Å². The average Bonchev–Trinajstić information content (AvgIpc) is 3.29. The fourth-order valence-electron chi connectivity index (χ4n) is 4.70. The van der Waals surface area contributed by atoms with Gasteiger partial charge in [0, 0.05) is 28.7 Å². The van der Waals surface area contributed by atoms with Crippen LogP contribution in [0.2, 0.25) is 5.02 Å². The molecule has 1 atom stereocenters. The van der Waals surface area contributed by atoms with Crippen LogP contribution >= 0.6 is 22.9 Å². The van der Waals surface area contributed by atoms with E-state index >= 15 is 0 Å². The topological polar surface area (TPSA) is 65.5 Å². The third-order valence-corrected chi connectivity index (χ3v) is 7.74. The highest BCUT2D eigenvalue weighted by Gasteiger charge is 2.58. The number of phenols is 1. The van der Waals surface area contributed by atoms with E-state index < -0.39 is 0 Å². The number of amides is 1. The molecule has 1 aliphatic carbocycles. The number of rotatable bonds is 4. The van der Waals surface area contributed by atoms with Gasteiger partial charge in [0.1, 0.15) is 5.75 Å². The van der Waals surface area contributed by atoms with E-state index in [4.69, 9.17) is 11.6 Å². The van der Waals surface area contributed by atoms with E-state index in [9.17, 15) is 9.90 Å². The fourth-order valence-corrected chi connectivity index (χ4v) is 5.70. The third-order valence-electron chi connectivity index (χ3n) is 6.56. The average molecular weight is 442 g/mol. The number of nitrogens with zero attached hydrogens (tertiary/aromatic N) is 2. The summed E-state index contributed by atoms with van der Waals surface area (Å²) < 4.78 is 1.14. The number of thiazole rings is 1. The number of aromatic hydroxyl groups is 1. The van der Waals surface area contributed by atoms with Gasteiger partial charge in [-0.3, -0.25) is 9.69 Å². The summed E-state index contributed by atoms with van der Waals surface area (Å²) in [7, 11) is 0. The number of hydrogen-bond acceptors (Lipinski definition) is 5. The monoisotopic (exact) mass is 441 g/mol. The van der Waals surface area contributed by atoms with E-state index in [1.54, 1.807) is 23.5 Å². The number of benzene rings is 2. The first kappa shape index (κ1) is 19.8. The van der Waals surface area contributed by atoms with Gasteiger partial charge in [0.05, 0.1) is 15.2 Å². The van der Waals surface area contributed by atoms with Crippen molar-refractivity contribution in [2.45, 2.75) is 32.7 Å². The van der Waals surface area contributed by atoms with Crippen LogP contribution in [0, 0.1) is 18.3 Å². The SMILES string of the molecule is Cc1nc2cc(NC(=O)[C@@H]3CC34CCN(Cc3cc(Cl)ccc3O)CC4)ccc2s1. The van der Waals surface area contributed by atoms with Gasteiger partial charge >= 0.3 is 0 Å². The molecule has 2 aromatic carbocycles. The normalized spacial score (nSPS) is 20.5. The van der Waals surface area contributed by atoms with Crippen LogP contribution in [0.4, 0.5) is 5.69 Å². The van der Waals surface area contributed by atoms with Crippen molar-refractivity contribution in [3.8, 4) is 5.75 Å². The predicted octanol–water partition coefficient (Wildman–Crippen LogP) is 5.20. The van der Waals surface area contributed by atoms with Gasteiger partial charge in [-0.1, -0.05) is 11.6 Å². The van der Waals surface area contributed by atoms with Gasteiger partial charge in [-0.2, -0.15) is 0 Å².